The van der Waals surface area contributed by atoms with Crippen LogP contribution >= 0.6 is 0 Å². The molecule has 1 aliphatic carbocycles. The fourth-order valence-corrected chi connectivity index (χ4v) is 25.0. The second-order valence-corrected chi connectivity index (χ2v) is 35.4. The summed E-state index contributed by atoms with van der Waals surface area (Å²) >= 11 is 0. The fourth-order valence-electron chi connectivity index (χ4n) is 8.26. The normalized spacial score (nSPS) is 15.6. The zero-order valence-electron chi connectivity index (χ0n) is 30.3. The molecular formula is C39H58Si4. The van der Waals surface area contributed by atoms with Gasteiger partial charge in [0.25, 0.3) is 0 Å². The second-order valence-electron chi connectivity index (χ2n) is 16.6. The molecule has 43 heavy (non-hydrogen) atoms. The van der Waals surface area contributed by atoms with Gasteiger partial charge < -0.3 is 0 Å². The van der Waals surface area contributed by atoms with Crippen LogP contribution in [0.15, 0.2) is 76.9 Å². The van der Waals surface area contributed by atoms with Crippen LogP contribution < -0.4 is 31.1 Å². The topological polar surface area (TPSA) is 0 Å². The molecule has 0 unspecified atom stereocenters. The van der Waals surface area contributed by atoms with Crippen molar-refractivity contribution in [2.45, 2.75) is 113 Å². The first kappa shape index (κ1) is 33.9. The van der Waals surface area contributed by atoms with Crippen LogP contribution in [-0.4, -0.2) is 32.3 Å². The Morgan fingerprint density at radius 1 is 0.395 bits per heavy atom. The molecule has 0 aliphatic heterocycles. The average molecular weight is 639 g/mol. The molecule has 3 aromatic carbocycles. The quantitative estimate of drug-likeness (QED) is 0.183. The van der Waals surface area contributed by atoms with Crippen molar-refractivity contribution in [2.24, 2.45) is 0 Å². The first-order valence-corrected chi connectivity index (χ1v) is 28.9. The van der Waals surface area contributed by atoms with E-state index in [0.717, 1.165) is 0 Å². The molecule has 0 heterocycles. The van der Waals surface area contributed by atoms with Crippen LogP contribution in [0.3, 0.4) is 0 Å². The Morgan fingerprint density at radius 2 is 0.651 bits per heavy atom. The SMILES string of the molecule is CC1=C(C)C([Si](c2c(C)cccc2[Si](C)(C)C)(c2c(C)cccc2[Si](C)(C)C)c2c(C)cccc2[Si](C)(C)C)C(C)=C1C. The summed E-state index contributed by atoms with van der Waals surface area (Å²) in [6, 6.07) is 22.1. The van der Waals surface area contributed by atoms with Gasteiger partial charge in [0.2, 0.25) is 0 Å². The lowest BCUT2D eigenvalue weighted by Crippen LogP contribution is -2.82. The summed E-state index contributed by atoms with van der Waals surface area (Å²) in [5.74, 6) is 0. The van der Waals surface area contributed by atoms with Crippen molar-refractivity contribution in [1.82, 2.24) is 0 Å². The molecule has 0 atom stereocenters. The highest BCUT2D eigenvalue weighted by Gasteiger charge is 2.56. The van der Waals surface area contributed by atoms with Gasteiger partial charge in [-0.1, -0.05) is 157 Å². The van der Waals surface area contributed by atoms with Gasteiger partial charge >= 0.3 is 0 Å². The van der Waals surface area contributed by atoms with Crippen molar-refractivity contribution >= 4 is 63.4 Å². The molecule has 4 rings (SSSR count). The third-order valence-corrected chi connectivity index (χ3v) is 23.4. The zero-order chi connectivity index (χ0) is 32.4. The molecule has 0 spiro atoms. The summed E-state index contributed by atoms with van der Waals surface area (Å²) < 4.78 is 0. The standard InChI is InChI=1S/C39H58Si4/c1-26-20-17-23-33(40(8,9)10)36(26)43(39-31(6)29(4)30(5)32(39)7,37-27(2)21-18-24-34(37)41(11,12)13)38-28(3)22-19-25-35(38)42(14,15)16/h17-25,39H,1-16H3. The smallest absolute Gasteiger partial charge is 0.0656 e. The van der Waals surface area contributed by atoms with Crippen LogP contribution in [0.4, 0.5) is 0 Å². The van der Waals surface area contributed by atoms with Crippen LogP contribution in [0.2, 0.25) is 64.5 Å². The number of hydrogen-bond donors (Lipinski definition) is 0. The van der Waals surface area contributed by atoms with Crippen LogP contribution in [0, 0.1) is 20.8 Å². The maximum atomic E-state index is 2.58. The van der Waals surface area contributed by atoms with E-state index in [9.17, 15) is 0 Å². The number of aryl methyl sites for hydroxylation is 3. The van der Waals surface area contributed by atoms with Crippen molar-refractivity contribution in [3.8, 4) is 0 Å². The first-order chi connectivity index (χ1) is 19.7. The summed E-state index contributed by atoms with van der Waals surface area (Å²) in [6.45, 7) is 40.4. The molecule has 1 aliphatic rings. The monoisotopic (exact) mass is 638 g/mol. The summed E-state index contributed by atoms with van der Waals surface area (Å²) in [4.78, 5) is 0. The molecule has 0 nitrogen and oxygen atoms in total. The summed E-state index contributed by atoms with van der Waals surface area (Å²) in [6.07, 6.45) is 0. The maximum Gasteiger partial charge on any atom is 0.159 e. The Kier molecular flexibility index (Phi) is 9.00. The van der Waals surface area contributed by atoms with E-state index in [2.05, 4.69) is 162 Å². The summed E-state index contributed by atoms with van der Waals surface area (Å²) in [5, 5.41) is 10.2. The predicted octanol–water partition coefficient (Wildman–Crippen LogP) is 7.77. The number of benzene rings is 3. The second kappa shape index (κ2) is 11.4. The third-order valence-electron chi connectivity index (χ3n) is 10.5. The predicted molar refractivity (Wildman–Crippen MR) is 208 cm³/mol. The highest BCUT2D eigenvalue weighted by atomic mass is 28.3. The Labute approximate surface area is 268 Å². The van der Waals surface area contributed by atoms with Gasteiger partial charge in [0.15, 0.2) is 8.07 Å². The van der Waals surface area contributed by atoms with Crippen LogP contribution in [0.5, 0.6) is 0 Å². The lowest BCUT2D eigenvalue weighted by Gasteiger charge is -2.49. The molecule has 0 radical (unpaired) electrons. The van der Waals surface area contributed by atoms with Crippen molar-refractivity contribution in [3.63, 3.8) is 0 Å². The van der Waals surface area contributed by atoms with Crippen LogP contribution in [0.1, 0.15) is 44.4 Å². The van der Waals surface area contributed by atoms with Gasteiger partial charge in [-0.05, 0) is 75.2 Å². The minimum Gasteiger partial charge on any atom is -0.0656 e. The molecule has 0 aromatic heterocycles. The van der Waals surface area contributed by atoms with E-state index in [-0.39, 0.29) is 0 Å². The van der Waals surface area contributed by atoms with E-state index in [0.29, 0.717) is 5.54 Å². The van der Waals surface area contributed by atoms with Crippen LogP contribution in [-0.2, 0) is 0 Å². The lowest BCUT2D eigenvalue weighted by molar-refractivity contribution is 1.09. The van der Waals surface area contributed by atoms with E-state index >= 15 is 0 Å². The molecule has 0 amide bonds. The van der Waals surface area contributed by atoms with Gasteiger partial charge in [-0.2, -0.15) is 0 Å². The average Bonchev–Trinajstić information content (AvgIpc) is 3.07. The van der Waals surface area contributed by atoms with Crippen molar-refractivity contribution in [1.29, 1.82) is 0 Å². The molecular weight excluding hydrogens is 581 g/mol. The molecule has 4 heteroatoms. The highest BCUT2D eigenvalue weighted by molar-refractivity contribution is 7.20. The van der Waals surface area contributed by atoms with Gasteiger partial charge in [0, 0.05) is 5.54 Å². The minimum absolute atomic E-state index is 0.399. The van der Waals surface area contributed by atoms with Gasteiger partial charge in [0.05, 0.1) is 24.2 Å². The van der Waals surface area contributed by atoms with E-state index < -0.39 is 32.3 Å². The Morgan fingerprint density at radius 3 is 0.884 bits per heavy atom. The third kappa shape index (κ3) is 5.55. The first-order valence-electron chi connectivity index (χ1n) is 16.3. The van der Waals surface area contributed by atoms with E-state index in [4.69, 9.17) is 0 Å². The minimum atomic E-state index is -2.81. The van der Waals surface area contributed by atoms with Gasteiger partial charge in [-0.25, -0.2) is 0 Å². The molecule has 230 valence electrons. The van der Waals surface area contributed by atoms with Crippen molar-refractivity contribution < 1.29 is 0 Å². The van der Waals surface area contributed by atoms with E-state index in [1.54, 1.807) is 42.3 Å². The Bertz CT molecular complexity index is 1450. The summed E-state index contributed by atoms with van der Waals surface area (Å²) in [5.41, 5.74) is 11.2. The lowest BCUT2D eigenvalue weighted by atomic mass is 10.1. The maximum absolute atomic E-state index is 2.81. The van der Waals surface area contributed by atoms with Gasteiger partial charge in [0.1, 0.15) is 0 Å². The molecule has 0 N–H and O–H groups in total. The van der Waals surface area contributed by atoms with Gasteiger partial charge in [-0.3, -0.25) is 0 Å². The Hall–Kier alpha value is -1.99. The summed E-state index contributed by atoms with van der Waals surface area (Å²) in [7, 11) is -8.06. The number of rotatable bonds is 7. The molecule has 3 aromatic rings. The zero-order valence-corrected chi connectivity index (χ0v) is 34.3. The Balaban J connectivity index is 2.55. The molecule has 0 saturated carbocycles. The van der Waals surface area contributed by atoms with E-state index in [1.807, 2.05) is 0 Å². The largest absolute Gasteiger partial charge is 0.159 e. The molecule has 0 fully saturated rings. The highest BCUT2D eigenvalue weighted by Crippen LogP contribution is 2.47. The molecule has 0 bridgehead atoms. The fraction of sp³-hybridized carbons (Fsp3) is 0.436. The number of hydrogen-bond acceptors (Lipinski definition) is 0. The van der Waals surface area contributed by atoms with Crippen LogP contribution in [0.25, 0.3) is 0 Å². The molecule has 0 saturated heterocycles. The van der Waals surface area contributed by atoms with Crippen molar-refractivity contribution in [2.75, 3.05) is 0 Å². The van der Waals surface area contributed by atoms with Gasteiger partial charge in [-0.15, -0.1) is 0 Å². The number of allylic oxidation sites excluding steroid dienone is 4. The van der Waals surface area contributed by atoms with E-state index in [1.165, 1.54) is 27.8 Å². The van der Waals surface area contributed by atoms with Crippen molar-refractivity contribution in [3.05, 3.63) is 93.6 Å².